The van der Waals surface area contributed by atoms with Crippen LogP contribution in [0.4, 0.5) is 0 Å². The van der Waals surface area contributed by atoms with Gasteiger partial charge in [-0.3, -0.25) is 4.79 Å². The Morgan fingerprint density at radius 1 is 1.22 bits per heavy atom. The molecule has 1 aliphatic heterocycles. The number of phenols is 1. The SMILES string of the molecule is COc1ccc(C(=O)N2N=C(C)CC2c2ccccc2O)cc1. The van der Waals surface area contributed by atoms with Crippen molar-refractivity contribution in [2.45, 2.75) is 19.4 Å². The standard InChI is InChI=1S/C18H18N2O3/c1-12-11-16(15-5-3-4-6-17(15)21)20(19-12)18(22)13-7-9-14(23-2)10-8-13/h3-10,16,21H,11H2,1-2H3. The van der Waals surface area contributed by atoms with E-state index in [9.17, 15) is 9.90 Å². The summed E-state index contributed by atoms with van der Waals surface area (Å²) >= 11 is 0. The Morgan fingerprint density at radius 3 is 2.57 bits per heavy atom. The van der Waals surface area contributed by atoms with Crippen molar-refractivity contribution in [3.05, 3.63) is 59.7 Å². The fraction of sp³-hybridized carbons (Fsp3) is 0.222. The van der Waals surface area contributed by atoms with Crippen molar-refractivity contribution in [3.8, 4) is 11.5 Å². The normalized spacial score (nSPS) is 17.0. The molecule has 23 heavy (non-hydrogen) atoms. The fourth-order valence-corrected chi connectivity index (χ4v) is 2.72. The molecule has 0 bridgehead atoms. The smallest absolute Gasteiger partial charge is 0.274 e. The van der Waals surface area contributed by atoms with Gasteiger partial charge in [-0.1, -0.05) is 18.2 Å². The summed E-state index contributed by atoms with van der Waals surface area (Å²) in [5.74, 6) is 0.674. The molecule has 2 aromatic rings. The maximum Gasteiger partial charge on any atom is 0.274 e. The fourth-order valence-electron chi connectivity index (χ4n) is 2.72. The van der Waals surface area contributed by atoms with Gasteiger partial charge in [0.25, 0.3) is 5.91 Å². The lowest BCUT2D eigenvalue weighted by Crippen LogP contribution is -2.27. The van der Waals surface area contributed by atoms with E-state index in [0.29, 0.717) is 23.3 Å². The maximum atomic E-state index is 12.8. The minimum absolute atomic E-state index is 0.176. The molecule has 1 aliphatic rings. The van der Waals surface area contributed by atoms with E-state index < -0.39 is 0 Å². The van der Waals surface area contributed by atoms with Gasteiger partial charge in [0.1, 0.15) is 11.5 Å². The Morgan fingerprint density at radius 2 is 1.91 bits per heavy atom. The highest BCUT2D eigenvalue weighted by Gasteiger charge is 2.33. The number of para-hydroxylation sites is 1. The van der Waals surface area contributed by atoms with E-state index in [4.69, 9.17) is 4.74 Å². The lowest BCUT2D eigenvalue weighted by Gasteiger charge is -2.23. The van der Waals surface area contributed by atoms with Gasteiger partial charge >= 0.3 is 0 Å². The van der Waals surface area contributed by atoms with Crippen LogP contribution in [0, 0.1) is 0 Å². The number of carbonyl (C=O) groups excluding carboxylic acids is 1. The van der Waals surface area contributed by atoms with Gasteiger partial charge in [-0.2, -0.15) is 5.10 Å². The van der Waals surface area contributed by atoms with Gasteiger partial charge < -0.3 is 9.84 Å². The van der Waals surface area contributed by atoms with Crippen molar-refractivity contribution in [1.29, 1.82) is 0 Å². The van der Waals surface area contributed by atoms with Crippen LogP contribution in [-0.4, -0.2) is 28.8 Å². The first-order valence-electron chi connectivity index (χ1n) is 7.39. The van der Waals surface area contributed by atoms with Gasteiger partial charge in [-0.15, -0.1) is 0 Å². The van der Waals surface area contributed by atoms with Crippen molar-refractivity contribution in [2.24, 2.45) is 5.10 Å². The first kappa shape index (κ1) is 15.1. The highest BCUT2D eigenvalue weighted by atomic mass is 16.5. The number of hydrogen-bond acceptors (Lipinski definition) is 4. The molecule has 1 atom stereocenters. The zero-order valence-electron chi connectivity index (χ0n) is 13.1. The predicted octanol–water partition coefficient (Wildman–Crippen LogP) is 3.36. The van der Waals surface area contributed by atoms with Gasteiger partial charge in [0.15, 0.2) is 0 Å². The van der Waals surface area contributed by atoms with Crippen LogP contribution in [0.3, 0.4) is 0 Å². The van der Waals surface area contributed by atoms with Crippen molar-refractivity contribution in [1.82, 2.24) is 5.01 Å². The van der Waals surface area contributed by atoms with Gasteiger partial charge in [0.2, 0.25) is 0 Å². The first-order chi connectivity index (χ1) is 11.1. The molecule has 0 radical (unpaired) electrons. The maximum absolute atomic E-state index is 12.8. The van der Waals surface area contributed by atoms with Crippen molar-refractivity contribution < 1.29 is 14.6 Å². The van der Waals surface area contributed by atoms with Crippen molar-refractivity contribution >= 4 is 11.6 Å². The van der Waals surface area contributed by atoms with E-state index in [1.54, 1.807) is 43.5 Å². The Bertz CT molecular complexity index is 753. The molecule has 0 saturated carbocycles. The molecule has 2 aromatic carbocycles. The van der Waals surface area contributed by atoms with E-state index in [0.717, 1.165) is 5.71 Å². The summed E-state index contributed by atoms with van der Waals surface area (Å²) in [5, 5.41) is 15.9. The van der Waals surface area contributed by atoms with E-state index in [2.05, 4.69) is 5.10 Å². The van der Waals surface area contributed by atoms with Crippen LogP contribution >= 0.6 is 0 Å². The number of benzene rings is 2. The predicted molar refractivity (Wildman–Crippen MR) is 87.7 cm³/mol. The van der Waals surface area contributed by atoms with Crippen LogP contribution in [0.5, 0.6) is 11.5 Å². The number of rotatable bonds is 3. The number of hydrogen-bond donors (Lipinski definition) is 1. The highest BCUT2D eigenvalue weighted by Crippen LogP contribution is 2.36. The van der Waals surface area contributed by atoms with Crippen LogP contribution < -0.4 is 4.74 Å². The summed E-state index contributed by atoms with van der Waals surface area (Å²) in [4.78, 5) is 12.8. The molecular weight excluding hydrogens is 292 g/mol. The zero-order valence-corrected chi connectivity index (χ0v) is 13.1. The number of phenolic OH excluding ortho intramolecular Hbond substituents is 1. The average molecular weight is 310 g/mol. The number of aromatic hydroxyl groups is 1. The number of methoxy groups -OCH3 is 1. The second kappa shape index (κ2) is 6.12. The van der Waals surface area contributed by atoms with E-state index in [1.807, 2.05) is 19.1 Å². The molecule has 118 valence electrons. The molecule has 0 saturated heterocycles. The largest absolute Gasteiger partial charge is 0.508 e. The van der Waals surface area contributed by atoms with Gasteiger partial charge in [-0.25, -0.2) is 5.01 Å². The van der Waals surface area contributed by atoms with Crippen LogP contribution in [0.1, 0.15) is 35.3 Å². The second-order valence-electron chi connectivity index (χ2n) is 5.49. The van der Waals surface area contributed by atoms with Gasteiger partial charge in [-0.05, 0) is 37.3 Å². The summed E-state index contributed by atoms with van der Waals surface area (Å²) in [5.41, 5.74) is 2.10. The number of amides is 1. The monoisotopic (exact) mass is 310 g/mol. The summed E-state index contributed by atoms with van der Waals surface area (Å²) < 4.78 is 5.11. The molecule has 1 heterocycles. The third-order valence-corrected chi connectivity index (χ3v) is 3.90. The molecule has 0 aliphatic carbocycles. The van der Waals surface area contributed by atoms with E-state index in [-0.39, 0.29) is 17.7 Å². The molecule has 1 unspecified atom stereocenters. The Kier molecular flexibility index (Phi) is 4.02. The number of carbonyl (C=O) groups is 1. The average Bonchev–Trinajstić information content (AvgIpc) is 2.96. The van der Waals surface area contributed by atoms with Crippen LogP contribution in [0.15, 0.2) is 53.6 Å². The molecule has 5 nitrogen and oxygen atoms in total. The molecule has 0 aromatic heterocycles. The lowest BCUT2D eigenvalue weighted by atomic mass is 10.0. The molecule has 1 amide bonds. The molecular formula is C18H18N2O3. The van der Waals surface area contributed by atoms with Crippen molar-refractivity contribution in [2.75, 3.05) is 7.11 Å². The topological polar surface area (TPSA) is 62.1 Å². The zero-order chi connectivity index (χ0) is 16.4. The second-order valence-corrected chi connectivity index (χ2v) is 5.49. The number of nitrogens with zero attached hydrogens (tertiary/aromatic N) is 2. The first-order valence-corrected chi connectivity index (χ1v) is 7.39. The Labute approximate surface area is 134 Å². The Balaban J connectivity index is 1.92. The van der Waals surface area contributed by atoms with E-state index >= 15 is 0 Å². The molecule has 0 fully saturated rings. The van der Waals surface area contributed by atoms with Crippen LogP contribution in [0.2, 0.25) is 0 Å². The summed E-state index contributed by atoms with van der Waals surface area (Å²) in [6.07, 6.45) is 0.611. The summed E-state index contributed by atoms with van der Waals surface area (Å²) in [7, 11) is 1.58. The quantitative estimate of drug-likeness (QED) is 0.945. The summed E-state index contributed by atoms with van der Waals surface area (Å²) in [6.45, 7) is 1.88. The molecule has 1 N–H and O–H groups in total. The van der Waals surface area contributed by atoms with Crippen molar-refractivity contribution in [3.63, 3.8) is 0 Å². The minimum atomic E-state index is -0.286. The van der Waals surface area contributed by atoms with Crippen LogP contribution in [0.25, 0.3) is 0 Å². The van der Waals surface area contributed by atoms with Gasteiger partial charge in [0.05, 0.1) is 13.2 Å². The molecule has 5 heteroatoms. The number of hydrazone groups is 1. The lowest BCUT2D eigenvalue weighted by molar-refractivity contribution is 0.0709. The van der Waals surface area contributed by atoms with E-state index in [1.165, 1.54) is 5.01 Å². The molecule has 3 rings (SSSR count). The highest BCUT2D eigenvalue weighted by molar-refractivity contribution is 5.97. The molecule has 0 spiro atoms. The third kappa shape index (κ3) is 2.90. The summed E-state index contributed by atoms with van der Waals surface area (Å²) in [6, 6.07) is 13.7. The Hall–Kier alpha value is -2.82. The third-order valence-electron chi connectivity index (χ3n) is 3.90. The van der Waals surface area contributed by atoms with Crippen LogP contribution in [-0.2, 0) is 0 Å². The minimum Gasteiger partial charge on any atom is -0.508 e. The number of ether oxygens (including phenoxy) is 1. The van der Waals surface area contributed by atoms with Gasteiger partial charge in [0, 0.05) is 23.3 Å².